The maximum Gasteiger partial charge on any atom is 0.292 e. The molecule has 0 radical (unpaired) electrons. The summed E-state index contributed by atoms with van der Waals surface area (Å²) in [5, 5.41) is 13.2. The minimum atomic E-state index is -0.352. The summed E-state index contributed by atoms with van der Waals surface area (Å²) in [6.45, 7) is 1.77. The number of nitrogens with one attached hydrogen (secondary N) is 1. The number of carbonyl (C=O) groups excluding carboxylic acids is 1. The number of nitro benzene ring substituents is 1. The van der Waals surface area contributed by atoms with Crippen molar-refractivity contribution in [2.45, 2.75) is 19.4 Å². The highest BCUT2D eigenvalue weighted by Gasteiger charge is 2.29. The van der Waals surface area contributed by atoms with Crippen LogP contribution < -0.4 is 15.3 Å². The van der Waals surface area contributed by atoms with Crippen molar-refractivity contribution in [3.05, 3.63) is 101 Å². The number of hydrogen-bond acceptors (Lipinski definition) is 5. The molecule has 1 aliphatic rings. The van der Waals surface area contributed by atoms with Gasteiger partial charge in [0, 0.05) is 25.1 Å². The van der Waals surface area contributed by atoms with Gasteiger partial charge in [-0.3, -0.25) is 25.3 Å². The maximum atomic E-state index is 13.1. The molecule has 1 amide bonds. The normalized spacial score (nSPS) is 14.1. The summed E-state index contributed by atoms with van der Waals surface area (Å²) in [7, 11) is 0. The fraction of sp³-hybridized carbons (Fsp3) is 0.240. The van der Waals surface area contributed by atoms with Crippen LogP contribution in [0.5, 0.6) is 0 Å². The number of carbonyl (C=O) groups is 1. The van der Waals surface area contributed by atoms with Crippen LogP contribution >= 0.6 is 0 Å². The van der Waals surface area contributed by atoms with E-state index in [0.29, 0.717) is 38.2 Å². The summed E-state index contributed by atoms with van der Waals surface area (Å²) in [5.41, 5.74) is 5.84. The molecule has 0 atom stereocenters. The summed E-state index contributed by atoms with van der Waals surface area (Å²) in [5.74, 6) is -0.164. The number of para-hydroxylation sites is 3. The first kappa shape index (κ1) is 21.4. The van der Waals surface area contributed by atoms with Crippen LogP contribution in [0.15, 0.2) is 84.9 Å². The summed E-state index contributed by atoms with van der Waals surface area (Å²) < 4.78 is 0. The zero-order valence-electron chi connectivity index (χ0n) is 17.8. The van der Waals surface area contributed by atoms with E-state index in [4.69, 9.17) is 0 Å². The molecule has 1 aliphatic heterocycles. The van der Waals surface area contributed by atoms with Gasteiger partial charge in [-0.25, -0.2) is 0 Å². The Labute approximate surface area is 187 Å². The van der Waals surface area contributed by atoms with Crippen LogP contribution in [0, 0.1) is 16.0 Å². The molecule has 0 aliphatic carbocycles. The molecule has 4 rings (SSSR count). The van der Waals surface area contributed by atoms with Crippen molar-refractivity contribution in [2.24, 2.45) is 5.92 Å². The van der Waals surface area contributed by atoms with Crippen molar-refractivity contribution in [2.75, 3.05) is 23.0 Å². The molecule has 1 saturated heterocycles. The summed E-state index contributed by atoms with van der Waals surface area (Å²) in [6.07, 6.45) is 1.29. The van der Waals surface area contributed by atoms with E-state index < -0.39 is 0 Å². The van der Waals surface area contributed by atoms with E-state index in [1.165, 1.54) is 6.07 Å². The quantitative estimate of drug-likeness (QED) is 0.439. The summed E-state index contributed by atoms with van der Waals surface area (Å²) >= 11 is 0. The Morgan fingerprint density at radius 2 is 1.53 bits per heavy atom. The number of benzene rings is 3. The van der Waals surface area contributed by atoms with Gasteiger partial charge in [0.2, 0.25) is 5.91 Å². The number of piperidine rings is 1. The van der Waals surface area contributed by atoms with E-state index in [2.05, 4.69) is 5.43 Å². The third-order valence-electron chi connectivity index (χ3n) is 5.78. The first-order valence-electron chi connectivity index (χ1n) is 10.8. The topological polar surface area (TPSA) is 78.7 Å². The standard InChI is InChI=1S/C25H26N4O3/c30-25(21-15-17-27(18-16-21)23-13-7-8-14-24(23)29(31)32)26-28(22-11-5-2-6-12-22)19-20-9-3-1-4-10-20/h1-14,21H,15-19H2,(H,26,30). The predicted octanol–water partition coefficient (Wildman–Crippen LogP) is 4.55. The van der Waals surface area contributed by atoms with Gasteiger partial charge in [0.25, 0.3) is 5.69 Å². The number of anilines is 2. The Kier molecular flexibility index (Phi) is 6.65. The third-order valence-corrected chi connectivity index (χ3v) is 5.78. The van der Waals surface area contributed by atoms with E-state index in [1.807, 2.05) is 76.6 Å². The van der Waals surface area contributed by atoms with Crippen molar-refractivity contribution in [1.82, 2.24) is 5.43 Å². The number of hydrogen-bond donors (Lipinski definition) is 1. The second-order valence-corrected chi connectivity index (χ2v) is 7.89. The number of hydrazine groups is 1. The Hall–Kier alpha value is -3.87. The number of rotatable bonds is 7. The summed E-state index contributed by atoms with van der Waals surface area (Å²) in [4.78, 5) is 26.1. The van der Waals surface area contributed by atoms with Crippen molar-refractivity contribution < 1.29 is 9.72 Å². The van der Waals surface area contributed by atoms with Crippen LogP contribution in [0.25, 0.3) is 0 Å². The van der Waals surface area contributed by atoms with Crippen molar-refractivity contribution >= 4 is 23.0 Å². The lowest BCUT2D eigenvalue weighted by atomic mass is 9.95. The van der Waals surface area contributed by atoms with E-state index >= 15 is 0 Å². The Bertz CT molecular complexity index is 1050. The monoisotopic (exact) mass is 430 g/mol. The molecule has 0 saturated carbocycles. The van der Waals surface area contributed by atoms with Gasteiger partial charge in [-0.15, -0.1) is 0 Å². The molecular weight excluding hydrogens is 404 g/mol. The predicted molar refractivity (Wildman–Crippen MR) is 125 cm³/mol. The fourth-order valence-corrected chi connectivity index (χ4v) is 4.06. The minimum Gasteiger partial charge on any atom is -0.366 e. The molecule has 1 N–H and O–H groups in total. The highest BCUT2D eigenvalue weighted by molar-refractivity contribution is 5.81. The molecular formula is C25H26N4O3. The number of amides is 1. The van der Waals surface area contributed by atoms with Gasteiger partial charge in [-0.2, -0.15) is 0 Å². The summed E-state index contributed by atoms with van der Waals surface area (Å²) in [6, 6.07) is 26.6. The van der Waals surface area contributed by atoms with Crippen LogP contribution in [0.2, 0.25) is 0 Å². The average molecular weight is 431 g/mol. The minimum absolute atomic E-state index is 0.0213. The molecule has 7 nitrogen and oxygen atoms in total. The molecule has 164 valence electrons. The molecule has 1 heterocycles. The van der Waals surface area contributed by atoms with E-state index in [1.54, 1.807) is 12.1 Å². The lowest BCUT2D eigenvalue weighted by Crippen LogP contribution is -2.47. The van der Waals surface area contributed by atoms with Gasteiger partial charge in [-0.1, -0.05) is 60.7 Å². The number of nitrogens with zero attached hydrogens (tertiary/aromatic N) is 3. The van der Waals surface area contributed by atoms with Gasteiger partial charge < -0.3 is 4.90 Å². The van der Waals surface area contributed by atoms with E-state index in [0.717, 1.165) is 11.3 Å². The Morgan fingerprint density at radius 1 is 0.938 bits per heavy atom. The molecule has 3 aromatic carbocycles. The third kappa shape index (κ3) is 5.06. The van der Waals surface area contributed by atoms with E-state index in [9.17, 15) is 14.9 Å². The molecule has 0 spiro atoms. The highest BCUT2D eigenvalue weighted by Crippen LogP contribution is 2.31. The molecule has 0 bridgehead atoms. The second kappa shape index (κ2) is 9.96. The van der Waals surface area contributed by atoms with Gasteiger partial charge in [0.05, 0.1) is 17.2 Å². The van der Waals surface area contributed by atoms with Gasteiger partial charge >= 0.3 is 0 Å². The lowest BCUT2D eigenvalue weighted by Gasteiger charge is -2.34. The molecule has 0 unspecified atom stereocenters. The van der Waals surface area contributed by atoms with Crippen LogP contribution in [-0.2, 0) is 11.3 Å². The lowest BCUT2D eigenvalue weighted by molar-refractivity contribution is -0.384. The van der Waals surface area contributed by atoms with Crippen molar-refractivity contribution in [1.29, 1.82) is 0 Å². The Balaban J connectivity index is 1.42. The maximum absolute atomic E-state index is 13.1. The molecule has 3 aromatic rings. The zero-order chi connectivity index (χ0) is 22.3. The fourth-order valence-electron chi connectivity index (χ4n) is 4.06. The van der Waals surface area contributed by atoms with Gasteiger partial charge in [0.15, 0.2) is 0 Å². The Morgan fingerprint density at radius 3 is 2.19 bits per heavy atom. The largest absolute Gasteiger partial charge is 0.366 e. The molecule has 32 heavy (non-hydrogen) atoms. The molecule has 0 aromatic heterocycles. The van der Waals surface area contributed by atoms with Crippen LogP contribution in [0.1, 0.15) is 18.4 Å². The smallest absolute Gasteiger partial charge is 0.292 e. The molecule has 1 fully saturated rings. The van der Waals surface area contributed by atoms with Gasteiger partial charge in [0.1, 0.15) is 5.69 Å². The van der Waals surface area contributed by atoms with Crippen LogP contribution in [-0.4, -0.2) is 23.9 Å². The molecule has 7 heteroatoms. The SMILES string of the molecule is O=C(NN(Cc1ccccc1)c1ccccc1)C1CCN(c2ccccc2[N+](=O)[O-])CC1. The average Bonchev–Trinajstić information content (AvgIpc) is 2.85. The highest BCUT2D eigenvalue weighted by atomic mass is 16.6. The van der Waals surface area contributed by atoms with E-state index in [-0.39, 0.29) is 22.4 Å². The second-order valence-electron chi connectivity index (χ2n) is 7.89. The first-order valence-corrected chi connectivity index (χ1v) is 10.8. The van der Waals surface area contributed by atoms with Crippen LogP contribution in [0.3, 0.4) is 0 Å². The number of nitro groups is 1. The van der Waals surface area contributed by atoms with Crippen LogP contribution in [0.4, 0.5) is 17.1 Å². The van der Waals surface area contributed by atoms with Crippen molar-refractivity contribution in [3.8, 4) is 0 Å². The van der Waals surface area contributed by atoms with Gasteiger partial charge in [-0.05, 0) is 36.6 Å². The van der Waals surface area contributed by atoms with Crippen molar-refractivity contribution in [3.63, 3.8) is 0 Å². The zero-order valence-corrected chi connectivity index (χ0v) is 17.8. The first-order chi connectivity index (χ1) is 15.6.